The number of aromatic nitrogens is 4. The van der Waals surface area contributed by atoms with Gasteiger partial charge in [0.05, 0.1) is 12.6 Å². The van der Waals surface area contributed by atoms with Gasteiger partial charge in [-0.1, -0.05) is 11.8 Å². The van der Waals surface area contributed by atoms with Crippen molar-refractivity contribution in [3.63, 3.8) is 0 Å². The van der Waals surface area contributed by atoms with Crippen LogP contribution in [0.15, 0.2) is 28.5 Å². The van der Waals surface area contributed by atoms with E-state index in [2.05, 4.69) is 70.8 Å². The average Bonchev–Trinajstić information content (AvgIpc) is 3.25. The summed E-state index contributed by atoms with van der Waals surface area (Å²) in [6, 6.07) is 4.57. The number of β-amino-alcohol motifs (C(OH)–C–C–N with tert-alkyl or cyclic N) is 1. The summed E-state index contributed by atoms with van der Waals surface area (Å²) in [4.78, 5) is 14.4. The van der Waals surface area contributed by atoms with Gasteiger partial charge in [-0.25, -0.2) is 15.0 Å². The summed E-state index contributed by atoms with van der Waals surface area (Å²) >= 11 is 3.99. The second kappa shape index (κ2) is 8.60. The van der Waals surface area contributed by atoms with Crippen molar-refractivity contribution in [2.45, 2.75) is 68.3 Å². The lowest BCUT2D eigenvalue weighted by molar-refractivity contribution is 0.140. The average molecular weight is 538 g/mol. The molecule has 0 spiro atoms. The molecule has 0 fully saturated rings. The zero-order chi connectivity index (χ0) is 21.5. The van der Waals surface area contributed by atoms with Crippen molar-refractivity contribution in [1.82, 2.24) is 24.8 Å². The molecule has 160 valence electrons. The molecule has 4 N–H and O–H groups in total. The van der Waals surface area contributed by atoms with Gasteiger partial charge in [-0.2, -0.15) is 0 Å². The molecule has 3 aromatic rings. The van der Waals surface area contributed by atoms with Crippen LogP contribution in [0.4, 0.5) is 5.82 Å². The maximum Gasteiger partial charge on any atom is 0.175 e. The van der Waals surface area contributed by atoms with Crippen molar-refractivity contribution in [2.75, 3.05) is 12.3 Å². The summed E-state index contributed by atoms with van der Waals surface area (Å²) in [6.45, 7) is 7.09. The number of benzene rings is 1. The highest BCUT2D eigenvalue weighted by Crippen LogP contribution is 2.37. The molecule has 1 unspecified atom stereocenters. The molecule has 1 aromatic carbocycles. The van der Waals surface area contributed by atoms with E-state index in [-0.39, 0.29) is 5.54 Å². The summed E-state index contributed by atoms with van der Waals surface area (Å²) in [6.07, 6.45) is 4.37. The number of nitrogen functional groups attached to an aromatic ring is 1. The Morgan fingerprint density at radius 1 is 1.27 bits per heavy atom. The van der Waals surface area contributed by atoms with Crippen LogP contribution in [0.1, 0.15) is 38.3 Å². The van der Waals surface area contributed by atoms with E-state index in [9.17, 15) is 5.11 Å². The molecule has 0 saturated carbocycles. The monoisotopic (exact) mass is 538 g/mol. The van der Waals surface area contributed by atoms with Gasteiger partial charge in [-0.3, -0.25) is 0 Å². The molecule has 0 bridgehead atoms. The lowest BCUT2D eigenvalue weighted by atomic mass is 10.1. The molecule has 0 aliphatic heterocycles. The topological polar surface area (TPSA) is 102 Å². The predicted octanol–water partition coefficient (Wildman–Crippen LogP) is 3.40. The number of aryl methyl sites for hydroxylation is 2. The number of halogens is 1. The van der Waals surface area contributed by atoms with Crippen LogP contribution in [0, 0.1) is 3.57 Å². The number of anilines is 1. The van der Waals surface area contributed by atoms with E-state index in [1.165, 1.54) is 32.3 Å². The third kappa shape index (κ3) is 4.74. The normalized spacial score (nSPS) is 15.0. The Labute approximate surface area is 194 Å². The van der Waals surface area contributed by atoms with Gasteiger partial charge in [0.1, 0.15) is 6.33 Å². The van der Waals surface area contributed by atoms with Gasteiger partial charge in [0.2, 0.25) is 0 Å². The van der Waals surface area contributed by atoms with Crippen molar-refractivity contribution < 1.29 is 5.11 Å². The molecule has 2 aromatic heterocycles. The number of hydrogen-bond acceptors (Lipinski definition) is 7. The van der Waals surface area contributed by atoms with E-state index in [0.29, 0.717) is 30.1 Å². The Morgan fingerprint density at radius 3 is 2.73 bits per heavy atom. The zero-order valence-corrected chi connectivity index (χ0v) is 20.4. The number of fused-ring (bicyclic) bond motifs is 2. The highest BCUT2D eigenvalue weighted by Gasteiger charge is 2.21. The van der Waals surface area contributed by atoms with Gasteiger partial charge in [-0.15, -0.1) is 0 Å². The minimum absolute atomic E-state index is 0.0668. The van der Waals surface area contributed by atoms with Crippen molar-refractivity contribution in [3.8, 4) is 0 Å². The second-order valence-electron chi connectivity index (χ2n) is 8.73. The van der Waals surface area contributed by atoms with Crippen LogP contribution in [0.25, 0.3) is 11.2 Å². The summed E-state index contributed by atoms with van der Waals surface area (Å²) < 4.78 is 3.17. The maximum atomic E-state index is 10.7. The van der Waals surface area contributed by atoms with E-state index >= 15 is 0 Å². The molecule has 1 aliphatic rings. The first-order valence-corrected chi connectivity index (χ1v) is 12.0. The fourth-order valence-electron chi connectivity index (χ4n) is 3.62. The number of nitrogens with zero attached hydrogens (tertiary/aromatic N) is 4. The minimum atomic E-state index is -0.587. The molecular weight excluding hydrogens is 511 g/mol. The quantitative estimate of drug-likeness (QED) is 0.414. The molecule has 2 heterocycles. The van der Waals surface area contributed by atoms with E-state index in [0.717, 1.165) is 18.0 Å². The van der Waals surface area contributed by atoms with E-state index < -0.39 is 6.10 Å². The highest BCUT2D eigenvalue weighted by atomic mass is 127. The summed E-state index contributed by atoms with van der Waals surface area (Å²) in [5, 5.41) is 14.8. The molecule has 1 atom stereocenters. The fourth-order valence-corrected chi connectivity index (χ4v) is 5.45. The minimum Gasteiger partial charge on any atom is -0.390 e. The summed E-state index contributed by atoms with van der Waals surface area (Å²) in [7, 11) is 0. The maximum absolute atomic E-state index is 10.7. The first-order valence-electron chi connectivity index (χ1n) is 10.1. The number of nitrogens with one attached hydrogen (secondary N) is 1. The van der Waals surface area contributed by atoms with Crippen molar-refractivity contribution >= 4 is 51.3 Å². The molecule has 4 rings (SSSR count). The SMILES string of the molecule is CC(C)(C)NCC(O)Cn1c(Sc2cc3c(cc2I)CCC3)nc2c(N)ncnc21. The van der Waals surface area contributed by atoms with Crippen LogP contribution >= 0.6 is 34.4 Å². The molecule has 0 amide bonds. The standard InChI is InChI=1S/C21H27IN6OS/c1-21(2,3)26-9-14(29)10-28-19-17(18(23)24-11-25-19)27-20(28)30-16-8-13-6-4-5-12(13)7-15(16)22/h7-8,11,14,26,29H,4-6,9-10H2,1-3H3,(H2,23,24,25). The van der Waals surface area contributed by atoms with Gasteiger partial charge < -0.3 is 20.7 Å². The number of hydrogen-bond donors (Lipinski definition) is 3. The number of nitrogens with two attached hydrogens (primary N) is 1. The number of imidazole rings is 1. The lowest BCUT2D eigenvalue weighted by Crippen LogP contribution is -2.42. The van der Waals surface area contributed by atoms with Gasteiger partial charge in [-0.05, 0) is 85.9 Å². The Morgan fingerprint density at radius 2 is 2.00 bits per heavy atom. The van der Waals surface area contributed by atoms with E-state index in [1.54, 1.807) is 11.8 Å². The van der Waals surface area contributed by atoms with Crippen LogP contribution in [0.3, 0.4) is 0 Å². The van der Waals surface area contributed by atoms with Crippen molar-refractivity contribution in [2.24, 2.45) is 0 Å². The Bertz CT molecular complexity index is 1080. The van der Waals surface area contributed by atoms with Crippen LogP contribution in [-0.2, 0) is 19.4 Å². The molecule has 7 nitrogen and oxygen atoms in total. The molecule has 1 aliphatic carbocycles. The Hall–Kier alpha value is -1.43. The van der Waals surface area contributed by atoms with Crippen molar-refractivity contribution in [3.05, 3.63) is 33.2 Å². The largest absolute Gasteiger partial charge is 0.390 e. The van der Waals surface area contributed by atoms with Gasteiger partial charge in [0.15, 0.2) is 22.1 Å². The predicted molar refractivity (Wildman–Crippen MR) is 129 cm³/mol. The van der Waals surface area contributed by atoms with E-state index in [4.69, 9.17) is 10.7 Å². The van der Waals surface area contributed by atoms with E-state index in [1.807, 2.05) is 4.57 Å². The van der Waals surface area contributed by atoms with Gasteiger partial charge in [0.25, 0.3) is 0 Å². The number of aliphatic hydroxyl groups is 1. The second-order valence-corrected chi connectivity index (χ2v) is 10.9. The lowest BCUT2D eigenvalue weighted by Gasteiger charge is -2.23. The number of rotatable bonds is 6. The van der Waals surface area contributed by atoms with Crippen LogP contribution in [-0.4, -0.2) is 42.8 Å². The molecule has 0 radical (unpaired) electrons. The first kappa shape index (κ1) is 21.8. The molecule has 30 heavy (non-hydrogen) atoms. The first-order chi connectivity index (χ1) is 14.2. The highest BCUT2D eigenvalue weighted by molar-refractivity contribution is 14.1. The fraction of sp³-hybridized carbons (Fsp3) is 0.476. The van der Waals surface area contributed by atoms with Gasteiger partial charge in [0, 0.05) is 20.5 Å². The third-order valence-corrected chi connectivity index (χ3v) is 7.44. The molecular formula is C21H27IN6OS. The van der Waals surface area contributed by atoms with Crippen LogP contribution in [0.2, 0.25) is 0 Å². The number of aliphatic hydroxyl groups excluding tert-OH is 1. The Kier molecular flexibility index (Phi) is 6.25. The third-order valence-electron chi connectivity index (χ3n) is 5.13. The zero-order valence-electron chi connectivity index (χ0n) is 17.4. The van der Waals surface area contributed by atoms with Crippen LogP contribution in [0.5, 0.6) is 0 Å². The summed E-state index contributed by atoms with van der Waals surface area (Å²) in [5.41, 5.74) is 10.1. The van der Waals surface area contributed by atoms with Crippen LogP contribution < -0.4 is 11.1 Å². The summed E-state index contributed by atoms with van der Waals surface area (Å²) in [5.74, 6) is 0.353. The Balaban J connectivity index is 1.67. The molecule has 0 saturated heterocycles. The van der Waals surface area contributed by atoms with Gasteiger partial charge >= 0.3 is 0 Å². The van der Waals surface area contributed by atoms with Crippen molar-refractivity contribution in [1.29, 1.82) is 0 Å². The smallest absolute Gasteiger partial charge is 0.175 e. The molecule has 9 heteroatoms.